The van der Waals surface area contributed by atoms with Crippen LogP contribution >= 0.6 is 0 Å². The van der Waals surface area contributed by atoms with Gasteiger partial charge in [-0.25, -0.2) is 0 Å². The first-order chi connectivity index (χ1) is 12.8. The molecule has 2 rings (SSSR count). The van der Waals surface area contributed by atoms with Crippen LogP contribution in [0.15, 0.2) is 60.7 Å². The van der Waals surface area contributed by atoms with E-state index in [1.807, 2.05) is 55.5 Å². The summed E-state index contributed by atoms with van der Waals surface area (Å²) in [5.74, 6) is -0.411. The van der Waals surface area contributed by atoms with Crippen molar-refractivity contribution in [3.05, 3.63) is 71.8 Å². The van der Waals surface area contributed by atoms with Crippen LogP contribution in [0, 0.1) is 5.92 Å². The topological polar surface area (TPSA) is 61.6 Å². The van der Waals surface area contributed by atoms with Crippen LogP contribution in [0.2, 0.25) is 0 Å². The zero-order valence-electron chi connectivity index (χ0n) is 16.7. The number of carbonyl (C=O) groups excluding carboxylic acids is 1. The van der Waals surface area contributed by atoms with Gasteiger partial charge in [-0.2, -0.15) is 0 Å². The van der Waals surface area contributed by atoms with E-state index in [1.165, 1.54) is 5.56 Å². The summed E-state index contributed by atoms with van der Waals surface area (Å²) >= 11 is 0. The van der Waals surface area contributed by atoms with Crippen molar-refractivity contribution in [2.45, 2.75) is 58.5 Å². The number of benzene rings is 2. The van der Waals surface area contributed by atoms with E-state index >= 15 is 0 Å². The third-order valence-electron chi connectivity index (χ3n) is 4.89. The van der Waals surface area contributed by atoms with Gasteiger partial charge in [0.1, 0.15) is 12.1 Å². The number of ether oxygens (including phenoxy) is 2. The van der Waals surface area contributed by atoms with Crippen molar-refractivity contribution >= 4 is 5.97 Å². The van der Waals surface area contributed by atoms with Crippen molar-refractivity contribution in [1.82, 2.24) is 0 Å². The lowest BCUT2D eigenvalue weighted by molar-refractivity contribution is -0.161. The lowest BCUT2D eigenvalue weighted by Crippen LogP contribution is -2.45. The van der Waals surface area contributed by atoms with Crippen molar-refractivity contribution < 1.29 is 14.3 Å². The minimum Gasteiger partial charge on any atom is -0.461 e. The molecule has 27 heavy (non-hydrogen) atoms. The Bertz CT molecular complexity index is 698. The van der Waals surface area contributed by atoms with Crippen LogP contribution in [0.5, 0.6) is 0 Å². The molecule has 0 fully saturated rings. The molecular weight excluding hydrogens is 338 g/mol. The standard InChI is InChI=1S/C23H31NO3/c1-17(24)22(25)27-18(2)21(15-19-11-7-5-8-12-19)23(3,4)26-16-20-13-9-6-10-14-20/h5-14,17-18,21H,15-16,24H2,1-4H3/t17-,18-,21-/m0/s1. The summed E-state index contributed by atoms with van der Waals surface area (Å²) in [5, 5.41) is 0. The van der Waals surface area contributed by atoms with E-state index in [-0.39, 0.29) is 18.0 Å². The molecule has 2 aromatic carbocycles. The summed E-state index contributed by atoms with van der Waals surface area (Å²) in [6.45, 7) is 8.17. The van der Waals surface area contributed by atoms with Crippen molar-refractivity contribution in [3.63, 3.8) is 0 Å². The molecule has 0 saturated heterocycles. The van der Waals surface area contributed by atoms with E-state index < -0.39 is 11.6 Å². The molecule has 0 unspecified atom stereocenters. The van der Waals surface area contributed by atoms with Gasteiger partial charge < -0.3 is 15.2 Å². The van der Waals surface area contributed by atoms with Crippen molar-refractivity contribution in [3.8, 4) is 0 Å². The zero-order valence-corrected chi connectivity index (χ0v) is 16.7. The second-order valence-corrected chi connectivity index (χ2v) is 7.60. The molecule has 0 amide bonds. The molecular formula is C23H31NO3. The Morgan fingerprint density at radius 1 is 0.963 bits per heavy atom. The average molecular weight is 370 g/mol. The van der Waals surface area contributed by atoms with Crippen LogP contribution in [0.25, 0.3) is 0 Å². The molecule has 0 aliphatic heterocycles. The monoisotopic (exact) mass is 369 g/mol. The maximum atomic E-state index is 12.0. The Kier molecular flexibility index (Phi) is 7.57. The molecule has 0 aliphatic carbocycles. The summed E-state index contributed by atoms with van der Waals surface area (Å²) < 4.78 is 11.9. The van der Waals surface area contributed by atoms with E-state index in [2.05, 4.69) is 26.0 Å². The lowest BCUT2D eigenvalue weighted by atomic mass is 9.81. The molecule has 0 radical (unpaired) electrons. The Morgan fingerprint density at radius 2 is 1.48 bits per heavy atom. The van der Waals surface area contributed by atoms with Gasteiger partial charge in [-0.05, 0) is 45.2 Å². The van der Waals surface area contributed by atoms with Crippen molar-refractivity contribution in [2.24, 2.45) is 11.7 Å². The van der Waals surface area contributed by atoms with Crippen LogP contribution < -0.4 is 5.73 Å². The molecule has 146 valence electrons. The van der Waals surface area contributed by atoms with Gasteiger partial charge in [0, 0.05) is 5.92 Å². The summed E-state index contributed by atoms with van der Waals surface area (Å²) in [5.41, 5.74) is 7.48. The number of rotatable bonds is 9. The second-order valence-electron chi connectivity index (χ2n) is 7.60. The third kappa shape index (κ3) is 6.49. The Labute approximate surface area is 162 Å². The largest absolute Gasteiger partial charge is 0.461 e. The molecule has 0 aliphatic rings. The molecule has 3 atom stereocenters. The first-order valence-electron chi connectivity index (χ1n) is 9.47. The van der Waals surface area contributed by atoms with E-state index in [0.29, 0.717) is 6.61 Å². The van der Waals surface area contributed by atoms with E-state index in [1.54, 1.807) is 6.92 Å². The molecule has 0 saturated carbocycles. The SMILES string of the molecule is C[C@H](N)C(=O)O[C@@H](C)[C@H](Cc1ccccc1)C(C)(C)OCc1ccccc1. The Morgan fingerprint density at radius 3 is 2.00 bits per heavy atom. The third-order valence-corrected chi connectivity index (χ3v) is 4.89. The van der Waals surface area contributed by atoms with Gasteiger partial charge in [0.15, 0.2) is 0 Å². The molecule has 2 N–H and O–H groups in total. The molecule has 0 aromatic heterocycles. The van der Waals surface area contributed by atoms with Crippen LogP contribution in [-0.4, -0.2) is 23.7 Å². The van der Waals surface area contributed by atoms with Gasteiger partial charge in [0.05, 0.1) is 12.2 Å². The molecule has 4 heteroatoms. The fourth-order valence-electron chi connectivity index (χ4n) is 3.17. The van der Waals surface area contributed by atoms with Crippen LogP contribution in [0.3, 0.4) is 0 Å². The number of hydrogen-bond acceptors (Lipinski definition) is 4. The number of nitrogens with two attached hydrogens (primary N) is 1. The van der Waals surface area contributed by atoms with Crippen molar-refractivity contribution in [2.75, 3.05) is 0 Å². The van der Waals surface area contributed by atoms with Gasteiger partial charge in [-0.1, -0.05) is 60.7 Å². The fraction of sp³-hybridized carbons (Fsp3) is 0.435. The molecule has 4 nitrogen and oxygen atoms in total. The Balaban J connectivity index is 2.16. The maximum Gasteiger partial charge on any atom is 0.322 e. The summed E-state index contributed by atoms with van der Waals surface area (Å²) in [4.78, 5) is 12.0. The highest BCUT2D eigenvalue weighted by Crippen LogP contribution is 2.31. The van der Waals surface area contributed by atoms with Crippen molar-refractivity contribution in [1.29, 1.82) is 0 Å². The normalized spacial score (nSPS) is 15.0. The first-order valence-corrected chi connectivity index (χ1v) is 9.47. The van der Waals surface area contributed by atoms with E-state index in [4.69, 9.17) is 15.2 Å². The smallest absolute Gasteiger partial charge is 0.322 e. The minimum atomic E-state index is -0.641. The van der Waals surface area contributed by atoms with Crippen LogP contribution in [0.4, 0.5) is 0 Å². The summed E-state index contributed by atoms with van der Waals surface area (Å²) in [7, 11) is 0. The highest BCUT2D eigenvalue weighted by atomic mass is 16.5. The van der Waals surface area contributed by atoms with Crippen LogP contribution in [-0.2, 0) is 27.3 Å². The van der Waals surface area contributed by atoms with Gasteiger partial charge >= 0.3 is 5.97 Å². The minimum absolute atomic E-state index is 0.0219. The summed E-state index contributed by atoms with van der Waals surface area (Å²) in [6.07, 6.45) is 0.422. The Hall–Kier alpha value is -2.17. The highest BCUT2D eigenvalue weighted by molar-refractivity contribution is 5.75. The number of carbonyl (C=O) groups is 1. The molecule has 0 spiro atoms. The lowest BCUT2D eigenvalue weighted by Gasteiger charge is -2.38. The fourth-order valence-corrected chi connectivity index (χ4v) is 3.17. The van der Waals surface area contributed by atoms with Gasteiger partial charge in [-0.3, -0.25) is 4.79 Å². The summed E-state index contributed by atoms with van der Waals surface area (Å²) in [6, 6.07) is 19.6. The molecule has 0 bridgehead atoms. The zero-order chi connectivity index (χ0) is 19.9. The van der Waals surface area contributed by atoms with Gasteiger partial charge in [0.25, 0.3) is 0 Å². The highest BCUT2D eigenvalue weighted by Gasteiger charge is 2.37. The first kappa shape index (κ1) is 21.1. The molecule has 2 aromatic rings. The quantitative estimate of drug-likeness (QED) is 0.676. The van der Waals surface area contributed by atoms with Gasteiger partial charge in [-0.15, -0.1) is 0 Å². The van der Waals surface area contributed by atoms with Gasteiger partial charge in [0.2, 0.25) is 0 Å². The predicted molar refractivity (Wildman–Crippen MR) is 108 cm³/mol. The maximum absolute atomic E-state index is 12.0. The second kappa shape index (κ2) is 9.67. The van der Waals surface area contributed by atoms with Crippen LogP contribution in [0.1, 0.15) is 38.8 Å². The van der Waals surface area contributed by atoms with E-state index in [0.717, 1.165) is 12.0 Å². The number of hydrogen-bond donors (Lipinski definition) is 1. The average Bonchev–Trinajstić information content (AvgIpc) is 2.66. The van der Waals surface area contributed by atoms with E-state index in [9.17, 15) is 4.79 Å². The molecule has 0 heterocycles. The number of esters is 1. The predicted octanol–water partition coefficient (Wildman–Crippen LogP) is 4.12.